The molecule has 0 spiro atoms. The molecule has 0 saturated heterocycles. The van der Waals surface area contributed by atoms with Crippen LogP contribution in [-0.2, 0) is 13.6 Å². The molecule has 0 fully saturated rings. The lowest BCUT2D eigenvalue weighted by Gasteiger charge is -2.17. The smallest absolute Gasteiger partial charge is 0.305 e. The summed E-state index contributed by atoms with van der Waals surface area (Å²) < 4.78 is 23.3. The van der Waals surface area contributed by atoms with E-state index < -0.39 is 7.60 Å². The number of nitrogens with zero attached hydrogens (tertiary/aromatic N) is 1. The largest absolute Gasteiger partial charge is 0.361 e. The Balaban J connectivity index is 2.38. The molecule has 0 atom stereocenters. The maximum atomic E-state index is 12.7. The van der Waals surface area contributed by atoms with Gasteiger partial charge in [-0.2, -0.15) is 5.26 Å². The zero-order valence-electron chi connectivity index (χ0n) is 12.7. The first-order chi connectivity index (χ1) is 10.6. The molecule has 0 radical (unpaired) electrons. The van der Waals surface area contributed by atoms with Crippen LogP contribution in [-0.4, -0.2) is 13.2 Å². The van der Waals surface area contributed by atoms with Crippen molar-refractivity contribution in [1.29, 1.82) is 5.26 Å². The van der Waals surface area contributed by atoms with Crippen LogP contribution < -0.4 is 5.30 Å². The molecule has 0 aromatic heterocycles. The number of nitriles is 1. The van der Waals surface area contributed by atoms with Gasteiger partial charge < -0.3 is 9.05 Å². The van der Waals surface area contributed by atoms with E-state index in [0.717, 1.165) is 11.1 Å². The molecule has 114 valence electrons. The van der Waals surface area contributed by atoms with E-state index in [2.05, 4.69) is 6.07 Å². The van der Waals surface area contributed by atoms with Crippen LogP contribution in [0.15, 0.2) is 48.5 Å². The molecule has 0 unspecified atom stereocenters. The van der Waals surface area contributed by atoms with Gasteiger partial charge in [0.05, 0.1) is 30.2 Å². The van der Waals surface area contributed by atoms with Crippen molar-refractivity contribution in [2.45, 2.75) is 13.8 Å². The van der Waals surface area contributed by atoms with Gasteiger partial charge in [-0.15, -0.1) is 0 Å². The molecule has 0 bridgehead atoms. The molecule has 5 heteroatoms. The molecular weight excluding hydrogens is 297 g/mol. The highest BCUT2D eigenvalue weighted by atomic mass is 31.2. The zero-order chi connectivity index (χ0) is 16.0. The maximum Gasteiger partial charge on any atom is 0.361 e. The zero-order valence-corrected chi connectivity index (χ0v) is 13.5. The topological polar surface area (TPSA) is 59.3 Å². The Kier molecular flexibility index (Phi) is 5.51. The molecule has 0 heterocycles. The summed E-state index contributed by atoms with van der Waals surface area (Å²) in [5.74, 6) is 0. The van der Waals surface area contributed by atoms with E-state index in [9.17, 15) is 4.57 Å². The van der Waals surface area contributed by atoms with E-state index in [1.165, 1.54) is 0 Å². The second-order valence-electron chi connectivity index (χ2n) is 4.54. The van der Waals surface area contributed by atoms with Crippen molar-refractivity contribution in [3.05, 3.63) is 54.1 Å². The normalized spacial score (nSPS) is 11.1. The maximum absolute atomic E-state index is 12.7. The van der Waals surface area contributed by atoms with Gasteiger partial charge in [0.2, 0.25) is 0 Å². The van der Waals surface area contributed by atoms with Gasteiger partial charge >= 0.3 is 7.60 Å². The van der Waals surface area contributed by atoms with Crippen LogP contribution in [0.3, 0.4) is 0 Å². The Bertz CT molecular complexity index is 709. The number of rotatable bonds is 6. The van der Waals surface area contributed by atoms with Gasteiger partial charge in [-0.3, -0.25) is 4.57 Å². The molecular formula is C17H18NO3P. The number of hydrogen-bond acceptors (Lipinski definition) is 4. The van der Waals surface area contributed by atoms with Crippen LogP contribution in [0.4, 0.5) is 0 Å². The third-order valence-electron chi connectivity index (χ3n) is 3.14. The van der Waals surface area contributed by atoms with E-state index in [0.29, 0.717) is 24.1 Å². The van der Waals surface area contributed by atoms with Crippen molar-refractivity contribution < 1.29 is 13.6 Å². The Hall–Kier alpha value is -1.92. The lowest BCUT2D eigenvalue weighted by molar-refractivity contribution is 0.230. The van der Waals surface area contributed by atoms with Crippen molar-refractivity contribution in [2.75, 3.05) is 13.2 Å². The summed E-state index contributed by atoms with van der Waals surface area (Å²) in [5, 5.41) is 9.69. The summed E-state index contributed by atoms with van der Waals surface area (Å²) in [6.07, 6.45) is 0. The summed E-state index contributed by atoms with van der Waals surface area (Å²) in [4.78, 5) is 0. The van der Waals surface area contributed by atoms with Gasteiger partial charge in [0.15, 0.2) is 0 Å². The van der Waals surface area contributed by atoms with Crippen molar-refractivity contribution in [2.24, 2.45) is 0 Å². The molecule has 4 nitrogen and oxygen atoms in total. The molecule has 0 N–H and O–H groups in total. The fourth-order valence-electron chi connectivity index (χ4n) is 2.18. The third-order valence-corrected chi connectivity index (χ3v) is 5.27. The minimum atomic E-state index is -3.27. The first-order valence-electron chi connectivity index (χ1n) is 7.14. The van der Waals surface area contributed by atoms with Gasteiger partial charge in [-0.05, 0) is 43.2 Å². The lowest BCUT2D eigenvalue weighted by atomic mass is 10.0. The van der Waals surface area contributed by atoms with Crippen LogP contribution in [0.25, 0.3) is 11.1 Å². The first-order valence-corrected chi connectivity index (χ1v) is 8.68. The lowest BCUT2D eigenvalue weighted by Crippen LogP contribution is -2.10. The van der Waals surface area contributed by atoms with Gasteiger partial charge in [-0.25, -0.2) is 0 Å². The molecule has 0 aliphatic heterocycles. The molecule has 2 rings (SSSR count). The molecule has 0 aliphatic rings. The molecule has 0 aliphatic carbocycles. The van der Waals surface area contributed by atoms with Crippen molar-refractivity contribution in [3.8, 4) is 17.2 Å². The molecule has 2 aromatic carbocycles. The summed E-state index contributed by atoms with van der Waals surface area (Å²) in [6, 6.07) is 16.7. The average molecular weight is 315 g/mol. The Morgan fingerprint density at radius 2 is 1.59 bits per heavy atom. The molecule has 0 saturated carbocycles. The van der Waals surface area contributed by atoms with E-state index in [4.69, 9.17) is 14.3 Å². The number of hydrogen-bond donors (Lipinski definition) is 0. The minimum absolute atomic E-state index is 0.316. The highest BCUT2D eigenvalue weighted by molar-refractivity contribution is 7.62. The van der Waals surface area contributed by atoms with Gasteiger partial charge in [0.25, 0.3) is 0 Å². The van der Waals surface area contributed by atoms with Crippen molar-refractivity contribution >= 4 is 12.9 Å². The Morgan fingerprint density at radius 3 is 2.14 bits per heavy atom. The van der Waals surface area contributed by atoms with Crippen LogP contribution in [0.1, 0.15) is 19.4 Å². The average Bonchev–Trinajstić information content (AvgIpc) is 2.55. The fraction of sp³-hybridized carbons (Fsp3) is 0.235. The second kappa shape index (κ2) is 7.38. The summed E-state index contributed by atoms with van der Waals surface area (Å²) in [5.41, 5.74) is 2.34. The van der Waals surface area contributed by atoms with Crippen LogP contribution in [0, 0.1) is 11.3 Å². The quantitative estimate of drug-likeness (QED) is 0.752. The predicted molar refractivity (Wildman–Crippen MR) is 87.1 cm³/mol. The highest BCUT2D eigenvalue weighted by Crippen LogP contribution is 2.46. The minimum Gasteiger partial charge on any atom is -0.305 e. The number of benzene rings is 2. The highest BCUT2D eigenvalue weighted by Gasteiger charge is 2.26. The van der Waals surface area contributed by atoms with Gasteiger partial charge in [0, 0.05) is 0 Å². The van der Waals surface area contributed by atoms with Gasteiger partial charge in [0.1, 0.15) is 0 Å². The fourth-order valence-corrected chi connectivity index (χ4v) is 3.75. The molecule has 22 heavy (non-hydrogen) atoms. The Labute approximate surface area is 130 Å². The second-order valence-corrected chi connectivity index (χ2v) is 6.57. The summed E-state index contributed by atoms with van der Waals surface area (Å²) in [6.45, 7) is 4.19. The van der Waals surface area contributed by atoms with Crippen LogP contribution in [0.2, 0.25) is 0 Å². The van der Waals surface area contributed by atoms with Crippen LogP contribution >= 0.6 is 7.60 Å². The molecule has 2 aromatic rings. The summed E-state index contributed by atoms with van der Waals surface area (Å²) in [7, 11) is -3.27. The van der Waals surface area contributed by atoms with E-state index in [1.54, 1.807) is 32.0 Å². The van der Waals surface area contributed by atoms with E-state index >= 15 is 0 Å². The predicted octanol–water partition coefficient (Wildman–Crippen LogP) is 4.12. The van der Waals surface area contributed by atoms with Crippen LogP contribution in [0.5, 0.6) is 0 Å². The van der Waals surface area contributed by atoms with Crippen molar-refractivity contribution in [1.82, 2.24) is 0 Å². The monoisotopic (exact) mass is 315 g/mol. The molecule has 0 amide bonds. The summed E-state index contributed by atoms with van der Waals surface area (Å²) >= 11 is 0. The van der Waals surface area contributed by atoms with Crippen molar-refractivity contribution in [3.63, 3.8) is 0 Å². The Morgan fingerprint density at radius 1 is 1.00 bits per heavy atom. The SMILES string of the molecule is CCOP(=O)(OCC)c1ccc(-c2ccccc2C#N)cc1. The van der Waals surface area contributed by atoms with E-state index in [-0.39, 0.29) is 0 Å². The first kappa shape index (κ1) is 16.5. The standard InChI is InChI=1S/C17H18NO3P/c1-3-20-22(19,21-4-2)16-11-9-14(10-12-16)17-8-6-5-7-15(17)13-18/h5-12H,3-4H2,1-2H3. The van der Waals surface area contributed by atoms with E-state index in [1.807, 2.05) is 30.3 Å². The third kappa shape index (κ3) is 3.45. The van der Waals surface area contributed by atoms with Gasteiger partial charge in [-0.1, -0.05) is 30.3 Å².